The molecule has 0 aromatic heterocycles. The third kappa shape index (κ3) is 5.14. The van der Waals surface area contributed by atoms with E-state index in [1.807, 2.05) is 4.90 Å². The van der Waals surface area contributed by atoms with Gasteiger partial charge in [-0.15, -0.1) is 0 Å². The summed E-state index contributed by atoms with van der Waals surface area (Å²) in [5.74, 6) is -0.228. The Labute approximate surface area is 196 Å². The van der Waals surface area contributed by atoms with Crippen LogP contribution in [0.15, 0.2) is 18.2 Å². The topological polar surface area (TPSA) is 85.7 Å². The molecule has 1 atom stereocenters. The summed E-state index contributed by atoms with van der Waals surface area (Å²) >= 11 is 0. The molecule has 1 aromatic rings. The smallest absolute Gasteiger partial charge is 0.384 e. The van der Waals surface area contributed by atoms with E-state index >= 15 is 0 Å². The molecular formula is C24H29F3N4O3. The van der Waals surface area contributed by atoms with E-state index in [1.165, 1.54) is 13.2 Å². The van der Waals surface area contributed by atoms with Gasteiger partial charge in [-0.3, -0.25) is 9.59 Å². The fourth-order valence-corrected chi connectivity index (χ4v) is 5.07. The van der Waals surface area contributed by atoms with E-state index in [0.717, 1.165) is 18.9 Å². The number of carbonyl (C=O) groups is 2. The Morgan fingerprint density at radius 3 is 2.56 bits per heavy atom. The lowest BCUT2D eigenvalue weighted by Gasteiger charge is -2.40. The second-order valence-corrected chi connectivity index (χ2v) is 9.59. The number of hydrogen-bond donors (Lipinski definition) is 1. The van der Waals surface area contributed by atoms with Gasteiger partial charge >= 0.3 is 6.18 Å². The van der Waals surface area contributed by atoms with Crippen LogP contribution in [0.5, 0.6) is 0 Å². The van der Waals surface area contributed by atoms with Gasteiger partial charge in [-0.2, -0.15) is 18.4 Å². The largest absolute Gasteiger partial charge is 0.417 e. The molecule has 0 radical (unpaired) electrons. The highest BCUT2D eigenvalue weighted by molar-refractivity contribution is 5.89. The summed E-state index contributed by atoms with van der Waals surface area (Å²) in [6.07, 6.45) is -0.599. The number of ether oxygens (including phenoxy) is 1. The van der Waals surface area contributed by atoms with Gasteiger partial charge in [0.1, 0.15) is 6.04 Å². The molecule has 3 fully saturated rings. The predicted octanol–water partition coefficient (Wildman–Crippen LogP) is 3.08. The number of methoxy groups -OCH3 is 1. The lowest BCUT2D eigenvalue weighted by molar-refractivity contribution is -0.139. The number of nitrogens with one attached hydrogen (secondary N) is 1. The second kappa shape index (κ2) is 9.45. The lowest BCUT2D eigenvalue weighted by Crippen LogP contribution is -2.46. The number of alkyl halides is 3. The molecule has 2 amide bonds. The molecule has 1 aromatic carbocycles. The number of nitrogens with zero attached hydrogens (tertiary/aromatic N) is 3. The van der Waals surface area contributed by atoms with E-state index in [-0.39, 0.29) is 36.3 Å². The van der Waals surface area contributed by atoms with Gasteiger partial charge in [-0.1, -0.05) is 0 Å². The van der Waals surface area contributed by atoms with Crippen molar-refractivity contribution in [2.45, 2.75) is 56.8 Å². The molecule has 7 nitrogen and oxygen atoms in total. The van der Waals surface area contributed by atoms with Gasteiger partial charge in [0.2, 0.25) is 11.8 Å². The van der Waals surface area contributed by atoms with Gasteiger partial charge < -0.3 is 19.9 Å². The highest BCUT2D eigenvalue weighted by atomic mass is 19.4. The molecule has 184 valence electrons. The summed E-state index contributed by atoms with van der Waals surface area (Å²) in [4.78, 5) is 29.3. The van der Waals surface area contributed by atoms with Crippen LogP contribution in [0.1, 0.15) is 49.7 Å². The maximum atomic E-state index is 13.4. The number of amides is 2. The van der Waals surface area contributed by atoms with Gasteiger partial charge in [0, 0.05) is 38.5 Å². The first-order chi connectivity index (χ1) is 16.2. The van der Waals surface area contributed by atoms with Crippen molar-refractivity contribution in [3.8, 4) is 6.07 Å². The number of piperidine rings is 1. The molecule has 2 saturated heterocycles. The maximum absolute atomic E-state index is 13.4. The van der Waals surface area contributed by atoms with Gasteiger partial charge in [0.05, 0.1) is 30.2 Å². The summed E-state index contributed by atoms with van der Waals surface area (Å²) < 4.78 is 45.2. The van der Waals surface area contributed by atoms with Crippen LogP contribution in [-0.2, 0) is 20.5 Å². The van der Waals surface area contributed by atoms with Crippen LogP contribution < -0.4 is 10.2 Å². The molecule has 10 heteroatoms. The average molecular weight is 479 g/mol. The summed E-state index contributed by atoms with van der Waals surface area (Å²) in [6.45, 7) is 1.78. The molecule has 34 heavy (non-hydrogen) atoms. The molecule has 4 rings (SSSR count). The number of carbonyl (C=O) groups excluding carboxylic acids is 2. The first-order valence-electron chi connectivity index (χ1n) is 11.6. The number of halogens is 3. The minimum atomic E-state index is -4.60. The van der Waals surface area contributed by atoms with Crippen molar-refractivity contribution in [3.05, 3.63) is 29.3 Å². The molecule has 3 aliphatic rings. The van der Waals surface area contributed by atoms with Crippen LogP contribution in [0.25, 0.3) is 0 Å². The van der Waals surface area contributed by atoms with E-state index in [0.29, 0.717) is 44.6 Å². The van der Waals surface area contributed by atoms with Crippen LogP contribution >= 0.6 is 0 Å². The van der Waals surface area contributed by atoms with Crippen LogP contribution in [-0.4, -0.2) is 62.1 Å². The Morgan fingerprint density at radius 2 is 1.97 bits per heavy atom. The van der Waals surface area contributed by atoms with Crippen LogP contribution in [0.3, 0.4) is 0 Å². The van der Waals surface area contributed by atoms with E-state index in [4.69, 9.17) is 10.00 Å². The molecule has 1 spiro atoms. The minimum absolute atomic E-state index is 0.112. The number of nitriles is 1. The van der Waals surface area contributed by atoms with Crippen LogP contribution in [0, 0.1) is 16.7 Å². The Hall–Kier alpha value is -2.80. The molecule has 1 N–H and O–H groups in total. The zero-order valence-corrected chi connectivity index (χ0v) is 19.2. The van der Waals surface area contributed by atoms with Gasteiger partial charge in [-0.25, -0.2) is 0 Å². The Morgan fingerprint density at radius 1 is 1.26 bits per heavy atom. The van der Waals surface area contributed by atoms with E-state index in [2.05, 4.69) is 5.32 Å². The van der Waals surface area contributed by atoms with Crippen molar-refractivity contribution in [1.29, 1.82) is 5.26 Å². The first-order valence-corrected chi connectivity index (χ1v) is 11.6. The molecule has 2 heterocycles. The zero-order valence-electron chi connectivity index (χ0n) is 19.2. The minimum Gasteiger partial charge on any atom is -0.384 e. The molecule has 1 saturated carbocycles. The fraction of sp³-hybridized carbons (Fsp3) is 0.625. The number of benzene rings is 1. The van der Waals surface area contributed by atoms with Crippen molar-refractivity contribution in [2.24, 2.45) is 5.41 Å². The van der Waals surface area contributed by atoms with E-state index in [1.54, 1.807) is 17.0 Å². The highest BCUT2D eigenvalue weighted by Gasteiger charge is 2.50. The molecular weight excluding hydrogens is 449 g/mol. The summed E-state index contributed by atoms with van der Waals surface area (Å²) in [7, 11) is 1.53. The molecule has 1 unspecified atom stereocenters. The third-order valence-corrected chi connectivity index (χ3v) is 7.19. The van der Waals surface area contributed by atoms with Crippen molar-refractivity contribution < 1.29 is 27.5 Å². The Kier molecular flexibility index (Phi) is 6.76. The van der Waals surface area contributed by atoms with E-state index < -0.39 is 23.3 Å². The predicted molar refractivity (Wildman–Crippen MR) is 118 cm³/mol. The maximum Gasteiger partial charge on any atom is 0.417 e. The van der Waals surface area contributed by atoms with E-state index in [9.17, 15) is 22.8 Å². The SMILES string of the molecule is COCCC(=O)N1CC2(CCN(c3ccc(C#N)c(C(F)(F)F)c3)CC2)CC1C(=O)NC1CC1. The second-order valence-electron chi connectivity index (χ2n) is 9.59. The molecule has 0 bridgehead atoms. The van der Waals surface area contributed by atoms with Crippen molar-refractivity contribution >= 4 is 17.5 Å². The Balaban J connectivity index is 1.47. The standard InChI is InChI=1S/C24H29F3N4O3/c1-34-11-6-21(32)31-15-23(13-20(31)22(33)29-17-3-4-17)7-9-30(10-8-23)18-5-2-16(14-28)19(12-18)24(25,26)27/h2,5,12,17,20H,3-4,6-11,13,15H2,1H3,(H,29,33). The first kappa shape index (κ1) is 24.3. The van der Waals surface area contributed by atoms with Crippen molar-refractivity contribution in [2.75, 3.05) is 38.3 Å². The quantitative estimate of drug-likeness (QED) is 0.679. The van der Waals surface area contributed by atoms with Crippen molar-refractivity contribution in [1.82, 2.24) is 10.2 Å². The lowest BCUT2D eigenvalue weighted by atomic mass is 9.76. The Bertz CT molecular complexity index is 979. The molecule has 1 aliphatic carbocycles. The number of likely N-dealkylation sites (tertiary alicyclic amines) is 1. The number of anilines is 1. The summed E-state index contributed by atoms with van der Waals surface area (Å²) in [5.41, 5.74) is -1.14. The third-order valence-electron chi connectivity index (χ3n) is 7.19. The van der Waals surface area contributed by atoms with Crippen LogP contribution in [0.4, 0.5) is 18.9 Å². The van der Waals surface area contributed by atoms with Gasteiger partial charge in [-0.05, 0) is 55.7 Å². The highest BCUT2D eigenvalue weighted by Crippen LogP contribution is 2.45. The summed E-state index contributed by atoms with van der Waals surface area (Å²) in [6, 6.07) is 5.09. The fourth-order valence-electron chi connectivity index (χ4n) is 5.07. The normalized spacial score (nSPS) is 22.0. The zero-order chi connectivity index (χ0) is 24.5. The molecule has 2 aliphatic heterocycles. The number of rotatable bonds is 6. The average Bonchev–Trinajstić information content (AvgIpc) is 3.55. The van der Waals surface area contributed by atoms with Gasteiger partial charge in [0.15, 0.2) is 0 Å². The summed E-state index contributed by atoms with van der Waals surface area (Å²) in [5, 5.41) is 12.1. The monoisotopic (exact) mass is 478 g/mol. The number of hydrogen-bond acceptors (Lipinski definition) is 5. The van der Waals surface area contributed by atoms with Crippen molar-refractivity contribution in [3.63, 3.8) is 0 Å². The van der Waals surface area contributed by atoms with Gasteiger partial charge in [0.25, 0.3) is 0 Å². The van der Waals surface area contributed by atoms with Crippen LogP contribution in [0.2, 0.25) is 0 Å².